The SMILES string of the molecule is O=C(C=Cc1ccccc1[N+](=O)[O-])NCCc1c[nH]c2ccccc12. The minimum Gasteiger partial charge on any atom is -0.361 e. The fourth-order valence-electron chi connectivity index (χ4n) is 2.68. The van der Waals surface area contributed by atoms with Gasteiger partial charge in [-0.3, -0.25) is 14.9 Å². The van der Waals surface area contributed by atoms with Crippen molar-refractivity contribution in [3.8, 4) is 0 Å². The topological polar surface area (TPSA) is 88.0 Å². The lowest BCUT2D eigenvalue weighted by atomic mass is 10.1. The summed E-state index contributed by atoms with van der Waals surface area (Å²) in [6.45, 7) is 0.488. The molecule has 0 bridgehead atoms. The number of amides is 1. The van der Waals surface area contributed by atoms with E-state index in [1.165, 1.54) is 18.2 Å². The number of H-pyrrole nitrogens is 1. The lowest BCUT2D eigenvalue weighted by molar-refractivity contribution is -0.385. The van der Waals surface area contributed by atoms with Crippen LogP contribution in [0.1, 0.15) is 11.1 Å². The number of hydrogen-bond donors (Lipinski definition) is 2. The minimum absolute atomic E-state index is 0.0228. The van der Waals surface area contributed by atoms with Crippen LogP contribution in [0.15, 0.2) is 60.8 Å². The van der Waals surface area contributed by atoms with Gasteiger partial charge in [-0.1, -0.05) is 30.3 Å². The van der Waals surface area contributed by atoms with Crippen molar-refractivity contribution in [1.82, 2.24) is 10.3 Å². The van der Waals surface area contributed by atoms with E-state index in [-0.39, 0.29) is 11.6 Å². The van der Waals surface area contributed by atoms with Gasteiger partial charge in [0.15, 0.2) is 0 Å². The maximum atomic E-state index is 11.9. The number of benzene rings is 2. The van der Waals surface area contributed by atoms with Crippen LogP contribution in [0.25, 0.3) is 17.0 Å². The molecule has 3 rings (SSSR count). The molecule has 1 aromatic heterocycles. The molecule has 0 aliphatic heterocycles. The second-order valence-corrected chi connectivity index (χ2v) is 5.55. The number of nitrogens with zero attached hydrogens (tertiary/aromatic N) is 1. The number of nitrogens with one attached hydrogen (secondary N) is 2. The Balaban J connectivity index is 1.57. The molecule has 1 heterocycles. The van der Waals surface area contributed by atoms with Crippen molar-refractivity contribution in [2.24, 2.45) is 0 Å². The Morgan fingerprint density at radius 3 is 2.76 bits per heavy atom. The summed E-state index contributed by atoms with van der Waals surface area (Å²) in [6.07, 6.45) is 5.42. The standard InChI is InChI=1S/C19H17N3O3/c23-19(10-9-14-5-1-4-8-18(14)22(24)25)20-12-11-15-13-21-17-7-3-2-6-16(15)17/h1-10,13,21H,11-12H2,(H,20,23). The molecule has 0 unspecified atom stereocenters. The Kier molecular flexibility index (Phi) is 4.89. The van der Waals surface area contributed by atoms with Gasteiger partial charge in [0, 0.05) is 35.8 Å². The van der Waals surface area contributed by atoms with Crippen molar-refractivity contribution < 1.29 is 9.72 Å². The summed E-state index contributed by atoms with van der Waals surface area (Å²) < 4.78 is 0. The zero-order valence-electron chi connectivity index (χ0n) is 13.4. The van der Waals surface area contributed by atoms with Gasteiger partial charge in [0.2, 0.25) is 5.91 Å². The van der Waals surface area contributed by atoms with Gasteiger partial charge in [-0.25, -0.2) is 0 Å². The molecule has 6 heteroatoms. The van der Waals surface area contributed by atoms with Crippen LogP contribution in [0.4, 0.5) is 5.69 Å². The number of rotatable bonds is 6. The monoisotopic (exact) mass is 335 g/mol. The van der Waals surface area contributed by atoms with E-state index in [4.69, 9.17) is 0 Å². The number of para-hydroxylation sites is 2. The zero-order chi connectivity index (χ0) is 17.6. The third-order valence-electron chi connectivity index (χ3n) is 3.92. The minimum atomic E-state index is -0.464. The molecule has 0 atom stereocenters. The van der Waals surface area contributed by atoms with Crippen LogP contribution in [0, 0.1) is 10.1 Å². The van der Waals surface area contributed by atoms with E-state index < -0.39 is 4.92 Å². The third kappa shape index (κ3) is 3.92. The van der Waals surface area contributed by atoms with Crippen LogP contribution in [-0.2, 0) is 11.2 Å². The van der Waals surface area contributed by atoms with Gasteiger partial charge < -0.3 is 10.3 Å². The molecular weight excluding hydrogens is 318 g/mol. The summed E-state index contributed by atoms with van der Waals surface area (Å²) in [6, 6.07) is 14.3. The molecule has 3 aromatic rings. The van der Waals surface area contributed by atoms with Gasteiger partial charge in [0.1, 0.15) is 0 Å². The van der Waals surface area contributed by atoms with Crippen LogP contribution < -0.4 is 5.32 Å². The normalized spacial score (nSPS) is 11.0. The predicted molar refractivity (Wildman–Crippen MR) is 97.1 cm³/mol. The molecule has 25 heavy (non-hydrogen) atoms. The van der Waals surface area contributed by atoms with E-state index in [9.17, 15) is 14.9 Å². The van der Waals surface area contributed by atoms with Gasteiger partial charge in [-0.2, -0.15) is 0 Å². The molecule has 0 saturated heterocycles. The lowest BCUT2D eigenvalue weighted by Gasteiger charge is -2.02. The summed E-state index contributed by atoms with van der Waals surface area (Å²) in [5.41, 5.74) is 2.59. The van der Waals surface area contributed by atoms with Crippen molar-refractivity contribution in [1.29, 1.82) is 0 Å². The highest BCUT2D eigenvalue weighted by Gasteiger charge is 2.09. The van der Waals surface area contributed by atoms with Gasteiger partial charge in [-0.05, 0) is 30.2 Å². The first kappa shape index (κ1) is 16.4. The average molecular weight is 335 g/mol. The van der Waals surface area contributed by atoms with Crippen molar-refractivity contribution in [2.45, 2.75) is 6.42 Å². The van der Waals surface area contributed by atoms with Crippen molar-refractivity contribution in [2.75, 3.05) is 6.54 Å². The quantitative estimate of drug-likeness (QED) is 0.411. The molecule has 0 fully saturated rings. The van der Waals surface area contributed by atoms with Crippen LogP contribution in [0.5, 0.6) is 0 Å². The molecule has 0 spiro atoms. The van der Waals surface area contributed by atoms with E-state index in [2.05, 4.69) is 10.3 Å². The van der Waals surface area contributed by atoms with Crippen molar-refractivity contribution in [3.63, 3.8) is 0 Å². The summed E-state index contributed by atoms with van der Waals surface area (Å²) in [5, 5.41) is 14.9. The smallest absolute Gasteiger partial charge is 0.276 e. The molecule has 2 aromatic carbocycles. The molecule has 6 nitrogen and oxygen atoms in total. The molecule has 2 N–H and O–H groups in total. The summed E-state index contributed by atoms with van der Waals surface area (Å²) in [5.74, 6) is -0.280. The third-order valence-corrected chi connectivity index (χ3v) is 3.92. The number of aromatic nitrogens is 1. The molecule has 0 saturated carbocycles. The molecule has 1 amide bonds. The first-order valence-electron chi connectivity index (χ1n) is 7.89. The first-order valence-corrected chi connectivity index (χ1v) is 7.89. The van der Waals surface area contributed by atoms with Crippen molar-refractivity contribution >= 4 is 28.6 Å². The lowest BCUT2D eigenvalue weighted by Crippen LogP contribution is -2.23. The molecule has 0 radical (unpaired) electrons. The van der Waals surface area contributed by atoms with E-state index in [0.717, 1.165) is 16.5 Å². The Morgan fingerprint density at radius 1 is 1.16 bits per heavy atom. The summed E-state index contributed by atoms with van der Waals surface area (Å²) in [4.78, 5) is 25.6. The van der Waals surface area contributed by atoms with Gasteiger partial charge in [0.05, 0.1) is 10.5 Å². The van der Waals surface area contributed by atoms with Crippen LogP contribution in [-0.4, -0.2) is 22.4 Å². The van der Waals surface area contributed by atoms with Gasteiger partial charge in [-0.15, -0.1) is 0 Å². The van der Waals surface area contributed by atoms with E-state index in [0.29, 0.717) is 18.5 Å². The Hall–Kier alpha value is -3.41. The molecule has 0 aliphatic carbocycles. The maximum Gasteiger partial charge on any atom is 0.276 e. The average Bonchev–Trinajstić information content (AvgIpc) is 3.03. The highest BCUT2D eigenvalue weighted by molar-refractivity contribution is 5.92. The zero-order valence-corrected chi connectivity index (χ0v) is 13.4. The fraction of sp³-hybridized carbons (Fsp3) is 0.105. The van der Waals surface area contributed by atoms with Crippen LogP contribution in [0.3, 0.4) is 0 Å². The number of carbonyl (C=O) groups is 1. The maximum absolute atomic E-state index is 11.9. The highest BCUT2D eigenvalue weighted by atomic mass is 16.6. The number of carbonyl (C=O) groups excluding carboxylic acids is 1. The first-order chi connectivity index (χ1) is 12.1. The Labute approximate surface area is 144 Å². The predicted octanol–water partition coefficient (Wildman–Crippen LogP) is 3.45. The van der Waals surface area contributed by atoms with Crippen LogP contribution in [0.2, 0.25) is 0 Å². The van der Waals surface area contributed by atoms with Crippen molar-refractivity contribution in [3.05, 3.63) is 82.0 Å². The largest absolute Gasteiger partial charge is 0.361 e. The number of nitro benzene ring substituents is 1. The molecular formula is C19H17N3O3. The van der Waals surface area contributed by atoms with Gasteiger partial charge in [0.25, 0.3) is 5.69 Å². The molecule has 126 valence electrons. The summed E-state index contributed by atoms with van der Waals surface area (Å²) in [7, 11) is 0. The Bertz CT molecular complexity index is 944. The fourth-order valence-corrected chi connectivity index (χ4v) is 2.68. The van der Waals surface area contributed by atoms with E-state index in [1.54, 1.807) is 18.2 Å². The van der Waals surface area contributed by atoms with Crippen LogP contribution >= 0.6 is 0 Å². The second kappa shape index (κ2) is 7.44. The number of hydrogen-bond acceptors (Lipinski definition) is 3. The Morgan fingerprint density at radius 2 is 1.92 bits per heavy atom. The number of aromatic amines is 1. The van der Waals surface area contributed by atoms with Gasteiger partial charge >= 0.3 is 0 Å². The second-order valence-electron chi connectivity index (χ2n) is 5.55. The summed E-state index contributed by atoms with van der Waals surface area (Å²) >= 11 is 0. The highest BCUT2D eigenvalue weighted by Crippen LogP contribution is 2.19. The number of nitro groups is 1. The number of fused-ring (bicyclic) bond motifs is 1. The van der Waals surface area contributed by atoms with E-state index >= 15 is 0 Å². The molecule has 0 aliphatic rings. The van der Waals surface area contributed by atoms with E-state index in [1.807, 2.05) is 30.5 Å².